The van der Waals surface area contributed by atoms with Gasteiger partial charge in [-0.1, -0.05) is 23.9 Å². The van der Waals surface area contributed by atoms with Crippen molar-refractivity contribution in [1.82, 2.24) is 20.2 Å². The quantitative estimate of drug-likeness (QED) is 0.527. The number of carbonyl (C=O) groups excluding carboxylic acids is 1. The van der Waals surface area contributed by atoms with E-state index in [0.29, 0.717) is 16.1 Å². The van der Waals surface area contributed by atoms with Gasteiger partial charge < -0.3 is 15.4 Å². The number of amides is 1. The minimum atomic E-state index is -0.202. The summed E-state index contributed by atoms with van der Waals surface area (Å²) in [4.78, 5) is 33.2. The summed E-state index contributed by atoms with van der Waals surface area (Å²) in [6.07, 6.45) is 0.745. The maximum Gasteiger partial charge on any atom is 0.259 e. The third kappa shape index (κ3) is 3.77. The molecule has 3 N–H and O–H groups in total. The number of aromatic amines is 1. The number of fused-ring (bicyclic) bond motifs is 1. The number of carbonyl (C=O) groups is 1. The maximum absolute atomic E-state index is 12.1. The Labute approximate surface area is 143 Å². The molecule has 1 aliphatic heterocycles. The van der Waals surface area contributed by atoms with Gasteiger partial charge in [-0.05, 0) is 25.6 Å². The van der Waals surface area contributed by atoms with Crippen LogP contribution in [0.1, 0.15) is 6.42 Å². The fraction of sp³-hybridized carbons (Fsp3) is 0.438. The molecule has 2 aromatic rings. The SMILES string of the molecule is CN1C[C@H](NC(=O)CSc2nc3ccccc3c(=O)[nH]2)C[C@H]1CO. The van der Waals surface area contributed by atoms with E-state index in [1.165, 1.54) is 11.8 Å². The molecule has 1 aromatic carbocycles. The first-order valence-electron chi connectivity index (χ1n) is 7.79. The molecule has 0 aliphatic carbocycles. The average molecular weight is 348 g/mol. The molecule has 0 spiro atoms. The molecule has 3 rings (SSSR count). The molecule has 0 unspecified atom stereocenters. The Balaban J connectivity index is 1.58. The van der Waals surface area contributed by atoms with Crippen molar-refractivity contribution in [2.24, 2.45) is 0 Å². The summed E-state index contributed by atoms with van der Waals surface area (Å²) in [7, 11) is 1.94. The van der Waals surface area contributed by atoms with Gasteiger partial charge in [0, 0.05) is 18.6 Å². The number of likely N-dealkylation sites (N-methyl/N-ethyl adjacent to an activating group) is 1. The Kier molecular flexibility index (Phi) is 5.17. The van der Waals surface area contributed by atoms with Gasteiger partial charge in [0.15, 0.2) is 5.16 Å². The minimum absolute atomic E-state index is 0.0452. The number of nitrogens with zero attached hydrogens (tertiary/aromatic N) is 2. The third-order valence-corrected chi connectivity index (χ3v) is 5.07. The van der Waals surface area contributed by atoms with Gasteiger partial charge in [-0.15, -0.1) is 0 Å². The molecule has 1 amide bonds. The van der Waals surface area contributed by atoms with E-state index in [2.05, 4.69) is 15.3 Å². The summed E-state index contributed by atoms with van der Waals surface area (Å²) < 4.78 is 0. The standard InChI is InChI=1S/C16H20N4O3S/c1-20-7-10(6-11(20)8-21)17-14(22)9-24-16-18-13-5-3-2-4-12(13)15(23)19-16/h2-5,10-11,21H,6-9H2,1H3,(H,17,22)(H,18,19,23)/t10-,11+/m1/s1. The molecule has 2 atom stereocenters. The summed E-state index contributed by atoms with van der Waals surface area (Å²) in [5, 5.41) is 13.2. The van der Waals surface area contributed by atoms with Gasteiger partial charge in [0.05, 0.1) is 23.3 Å². The van der Waals surface area contributed by atoms with Crippen molar-refractivity contribution in [2.45, 2.75) is 23.7 Å². The second-order valence-corrected chi connectivity index (χ2v) is 6.92. The number of H-pyrrole nitrogens is 1. The molecule has 1 saturated heterocycles. The number of likely N-dealkylation sites (tertiary alicyclic amines) is 1. The number of benzene rings is 1. The summed E-state index contributed by atoms with van der Waals surface area (Å²) in [6.45, 7) is 0.826. The second kappa shape index (κ2) is 7.33. The zero-order valence-electron chi connectivity index (χ0n) is 13.4. The Morgan fingerprint density at radius 3 is 3.04 bits per heavy atom. The number of hydrogen-bond donors (Lipinski definition) is 3. The van der Waals surface area contributed by atoms with Gasteiger partial charge in [-0.25, -0.2) is 4.98 Å². The molecular weight excluding hydrogens is 328 g/mol. The molecule has 24 heavy (non-hydrogen) atoms. The first kappa shape index (κ1) is 16.9. The molecule has 2 heterocycles. The molecule has 0 bridgehead atoms. The van der Waals surface area contributed by atoms with Gasteiger partial charge >= 0.3 is 0 Å². The summed E-state index contributed by atoms with van der Waals surface area (Å²) in [6, 6.07) is 7.25. The lowest BCUT2D eigenvalue weighted by molar-refractivity contribution is -0.119. The smallest absolute Gasteiger partial charge is 0.259 e. The average Bonchev–Trinajstić information content (AvgIpc) is 2.92. The molecule has 1 aromatic heterocycles. The monoisotopic (exact) mass is 348 g/mol. The largest absolute Gasteiger partial charge is 0.395 e. The first-order chi connectivity index (χ1) is 11.6. The molecule has 0 radical (unpaired) electrons. The number of aliphatic hydroxyl groups excluding tert-OH is 1. The lowest BCUT2D eigenvalue weighted by atomic mass is 10.2. The summed E-state index contributed by atoms with van der Waals surface area (Å²) in [5.41, 5.74) is 0.416. The number of nitrogens with one attached hydrogen (secondary N) is 2. The highest BCUT2D eigenvalue weighted by atomic mass is 32.2. The molecule has 7 nitrogen and oxygen atoms in total. The normalized spacial score (nSPS) is 21.2. The van der Waals surface area contributed by atoms with Crippen LogP contribution >= 0.6 is 11.8 Å². The van der Waals surface area contributed by atoms with E-state index in [4.69, 9.17) is 0 Å². The number of para-hydroxylation sites is 1. The van der Waals surface area contributed by atoms with Crippen LogP contribution in [0.25, 0.3) is 10.9 Å². The van der Waals surface area contributed by atoms with Crippen molar-refractivity contribution in [2.75, 3.05) is 26.0 Å². The molecule has 0 saturated carbocycles. The van der Waals surface area contributed by atoms with E-state index in [1.54, 1.807) is 18.2 Å². The number of aliphatic hydroxyl groups is 1. The summed E-state index contributed by atoms with van der Waals surface area (Å²) >= 11 is 1.21. The van der Waals surface area contributed by atoms with Crippen LogP contribution in [-0.4, -0.2) is 63.9 Å². The highest BCUT2D eigenvalue weighted by molar-refractivity contribution is 7.99. The van der Waals surface area contributed by atoms with E-state index >= 15 is 0 Å². The van der Waals surface area contributed by atoms with Gasteiger partial charge in [-0.2, -0.15) is 0 Å². The predicted molar refractivity (Wildman–Crippen MR) is 93.1 cm³/mol. The minimum Gasteiger partial charge on any atom is -0.395 e. The maximum atomic E-state index is 12.1. The van der Waals surface area contributed by atoms with Crippen molar-refractivity contribution >= 4 is 28.6 Å². The zero-order chi connectivity index (χ0) is 17.1. The Morgan fingerprint density at radius 1 is 1.50 bits per heavy atom. The van der Waals surface area contributed by atoms with E-state index in [9.17, 15) is 14.7 Å². The van der Waals surface area contributed by atoms with Crippen LogP contribution in [0.4, 0.5) is 0 Å². The molecule has 1 fully saturated rings. The second-order valence-electron chi connectivity index (χ2n) is 5.95. The number of rotatable bonds is 5. The highest BCUT2D eigenvalue weighted by Gasteiger charge is 2.29. The van der Waals surface area contributed by atoms with Gasteiger partial charge in [0.25, 0.3) is 5.56 Å². The first-order valence-corrected chi connectivity index (χ1v) is 8.77. The third-order valence-electron chi connectivity index (χ3n) is 4.20. The zero-order valence-corrected chi connectivity index (χ0v) is 14.2. The fourth-order valence-electron chi connectivity index (χ4n) is 2.93. The van der Waals surface area contributed by atoms with Crippen LogP contribution in [0.2, 0.25) is 0 Å². The van der Waals surface area contributed by atoms with Crippen LogP contribution in [0.3, 0.4) is 0 Å². The van der Waals surface area contributed by atoms with Crippen LogP contribution in [-0.2, 0) is 4.79 Å². The van der Waals surface area contributed by atoms with Crippen LogP contribution in [0.5, 0.6) is 0 Å². The number of aromatic nitrogens is 2. The number of thioether (sulfide) groups is 1. The van der Waals surface area contributed by atoms with Crippen molar-refractivity contribution in [3.8, 4) is 0 Å². The molecule has 1 aliphatic rings. The van der Waals surface area contributed by atoms with E-state index in [-0.39, 0.29) is 35.9 Å². The number of hydrogen-bond acceptors (Lipinski definition) is 6. The molecule has 128 valence electrons. The highest BCUT2D eigenvalue weighted by Crippen LogP contribution is 2.17. The van der Waals surface area contributed by atoms with Crippen LogP contribution < -0.4 is 10.9 Å². The van der Waals surface area contributed by atoms with Crippen LogP contribution in [0.15, 0.2) is 34.2 Å². The van der Waals surface area contributed by atoms with E-state index in [1.807, 2.05) is 18.0 Å². The van der Waals surface area contributed by atoms with Crippen molar-refractivity contribution < 1.29 is 9.90 Å². The van der Waals surface area contributed by atoms with Gasteiger partial charge in [0.1, 0.15) is 0 Å². The predicted octanol–water partition coefficient (Wildman–Crippen LogP) is 0.196. The molecular formula is C16H20N4O3S. The van der Waals surface area contributed by atoms with Gasteiger partial charge in [0.2, 0.25) is 5.91 Å². The van der Waals surface area contributed by atoms with Crippen LogP contribution in [0, 0.1) is 0 Å². The summed E-state index contributed by atoms with van der Waals surface area (Å²) in [5.74, 6) is 0.0819. The fourth-order valence-corrected chi connectivity index (χ4v) is 3.61. The Bertz CT molecular complexity index is 794. The van der Waals surface area contributed by atoms with E-state index in [0.717, 1.165) is 13.0 Å². The lowest BCUT2D eigenvalue weighted by Crippen LogP contribution is -2.37. The van der Waals surface area contributed by atoms with E-state index < -0.39 is 0 Å². The van der Waals surface area contributed by atoms with Crippen molar-refractivity contribution in [1.29, 1.82) is 0 Å². The van der Waals surface area contributed by atoms with Gasteiger partial charge in [-0.3, -0.25) is 14.5 Å². The Hall–Kier alpha value is -1.90. The van der Waals surface area contributed by atoms with Crippen molar-refractivity contribution in [3.63, 3.8) is 0 Å². The lowest BCUT2D eigenvalue weighted by Gasteiger charge is -2.15. The van der Waals surface area contributed by atoms with Crippen molar-refractivity contribution in [3.05, 3.63) is 34.6 Å². The topological polar surface area (TPSA) is 98.3 Å². The molecule has 8 heteroatoms. The Morgan fingerprint density at radius 2 is 2.29 bits per heavy atom.